The number of nitrogens with two attached hydrogens (primary N) is 1. The van der Waals surface area contributed by atoms with Gasteiger partial charge in [0.2, 0.25) is 5.91 Å². The first-order valence-corrected chi connectivity index (χ1v) is 6.16. The van der Waals surface area contributed by atoms with Gasteiger partial charge in [0.15, 0.2) is 0 Å². The minimum atomic E-state index is -0.288. The van der Waals surface area contributed by atoms with Gasteiger partial charge in [-0.15, -0.1) is 0 Å². The predicted molar refractivity (Wildman–Crippen MR) is 74.5 cm³/mol. The smallest absolute Gasteiger partial charge is 0.221 e. The number of primary amides is 1. The largest absolute Gasteiger partial charge is 0.369 e. The van der Waals surface area contributed by atoms with Crippen molar-refractivity contribution in [1.29, 1.82) is 0 Å². The van der Waals surface area contributed by atoms with Crippen LogP contribution < -0.4 is 5.73 Å². The topological polar surface area (TPSA) is 48.0 Å². The fourth-order valence-corrected chi connectivity index (χ4v) is 2.27. The van der Waals surface area contributed by atoms with Crippen molar-refractivity contribution in [3.05, 3.63) is 35.5 Å². The third-order valence-corrected chi connectivity index (χ3v) is 3.30. The summed E-state index contributed by atoms with van der Waals surface area (Å²) in [4.78, 5) is 11.1. The molecule has 2 aromatic rings. The molecule has 3 nitrogen and oxygen atoms in total. The van der Waals surface area contributed by atoms with E-state index in [4.69, 9.17) is 5.73 Å². The van der Waals surface area contributed by atoms with E-state index in [1.165, 1.54) is 5.56 Å². The van der Waals surface area contributed by atoms with Gasteiger partial charge in [0.1, 0.15) is 0 Å². The lowest BCUT2D eigenvalue weighted by molar-refractivity contribution is -0.117. The van der Waals surface area contributed by atoms with Crippen LogP contribution in [0, 0.1) is 0 Å². The predicted octanol–water partition coefficient (Wildman–Crippen LogP) is 2.50. The molecule has 0 unspecified atom stereocenters. The molecule has 0 atom stereocenters. The first-order valence-electron chi connectivity index (χ1n) is 6.16. The summed E-state index contributed by atoms with van der Waals surface area (Å²) in [6, 6.07) is 6.43. The average molecular weight is 244 g/mol. The molecule has 18 heavy (non-hydrogen) atoms. The Morgan fingerprint density at radius 1 is 1.33 bits per heavy atom. The monoisotopic (exact) mass is 244 g/mol. The number of carbonyl (C=O) groups excluding carboxylic acids is 1. The number of benzene rings is 1. The van der Waals surface area contributed by atoms with Gasteiger partial charge in [-0.3, -0.25) is 4.79 Å². The Morgan fingerprint density at radius 3 is 2.56 bits per heavy atom. The minimum absolute atomic E-state index is 0.105. The number of nitrogens with zero attached hydrogens (tertiary/aromatic N) is 1. The van der Waals surface area contributed by atoms with E-state index >= 15 is 0 Å². The van der Waals surface area contributed by atoms with Crippen molar-refractivity contribution in [2.24, 2.45) is 12.8 Å². The van der Waals surface area contributed by atoms with Gasteiger partial charge in [0.25, 0.3) is 0 Å². The molecule has 0 spiro atoms. The number of carbonyl (C=O) groups is 1. The van der Waals surface area contributed by atoms with Crippen molar-refractivity contribution in [2.75, 3.05) is 0 Å². The van der Waals surface area contributed by atoms with Crippen LogP contribution in [0.3, 0.4) is 0 Å². The third-order valence-electron chi connectivity index (χ3n) is 3.30. The van der Waals surface area contributed by atoms with Gasteiger partial charge >= 0.3 is 0 Å². The molecule has 1 amide bonds. The summed E-state index contributed by atoms with van der Waals surface area (Å²) in [5.41, 5.74) is 8.82. The average Bonchev–Trinajstić information content (AvgIpc) is 2.53. The highest BCUT2D eigenvalue weighted by atomic mass is 16.1. The highest BCUT2D eigenvalue weighted by Gasteiger charge is 2.16. The first-order chi connectivity index (χ1) is 8.29. The Labute approximate surface area is 108 Å². The van der Waals surface area contributed by atoms with Gasteiger partial charge < -0.3 is 10.3 Å². The quantitative estimate of drug-likeness (QED) is 0.867. The lowest BCUT2D eigenvalue weighted by Gasteiger charge is -2.19. The van der Waals surface area contributed by atoms with Gasteiger partial charge in [-0.25, -0.2) is 0 Å². The minimum Gasteiger partial charge on any atom is -0.369 e. The maximum atomic E-state index is 11.1. The Kier molecular flexibility index (Phi) is 2.93. The van der Waals surface area contributed by atoms with Crippen LogP contribution in [-0.4, -0.2) is 10.5 Å². The number of hydrogen-bond acceptors (Lipinski definition) is 1. The molecule has 0 aliphatic carbocycles. The van der Waals surface area contributed by atoms with Crippen molar-refractivity contribution in [2.45, 2.75) is 32.6 Å². The second kappa shape index (κ2) is 4.16. The van der Waals surface area contributed by atoms with E-state index in [9.17, 15) is 4.79 Å². The second-order valence-corrected chi connectivity index (χ2v) is 5.89. The second-order valence-electron chi connectivity index (χ2n) is 5.89. The van der Waals surface area contributed by atoms with E-state index < -0.39 is 0 Å². The lowest BCUT2D eigenvalue weighted by Crippen LogP contribution is -2.13. The summed E-state index contributed by atoms with van der Waals surface area (Å²) in [5, 5.41) is 1.13. The zero-order valence-electron chi connectivity index (χ0n) is 11.4. The molecule has 96 valence electrons. The van der Waals surface area contributed by atoms with E-state index in [1.54, 1.807) is 0 Å². The van der Waals surface area contributed by atoms with Gasteiger partial charge in [-0.05, 0) is 28.7 Å². The molecule has 1 aromatic heterocycles. The number of aromatic nitrogens is 1. The first kappa shape index (κ1) is 12.7. The van der Waals surface area contributed by atoms with Crippen LogP contribution in [0.5, 0.6) is 0 Å². The number of hydrogen-bond donors (Lipinski definition) is 1. The van der Waals surface area contributed by atoms with Crippen LogP contribution in [0.15, 0.2) is 24.4 Å². The normalized spacial score (nSPS) is 12.0. The fraction of sp³-hybridized carbons (Fsp3) is 0.400. The highest BCUT2D eigenvalue weighted by Crippen LogP contribution is 2.28. The zero-order valence-corrected chi connectivity index (χ0v) is 11.4. The molecule has 0 aliphatic rings. The third kappa shape index (κ3) is 2.26. The maximum absolute atomic E-state index is 11.1. The van der Waals surface area contributed by atoms with Gasteiger partial charge in [0, 0.05) is 24.1 Å². The van der Waals surface area contributed by atoms with Crippen molar-refractivity contribution in [3.63, 3.8) is 0 Å². The molecule has 2 N–H and O–H groups in total. The fourth-order valence-electron chi connectivity index (χ4n) is 2.27. The van der Waals surface area contributed by atoms with Crippen LogP contribution >= 0.6 is 0 Å². The molecule has 0 radical (unpaired) electrons. The van der Waals surface area contributed by atoms with Gasteiger partial charge in [-0.1, -0.05) is 26.8 Å². The van der Waals surface area contributed by atoms with Crippen molar-refractivity contribution in [3.8, 4) is 0 Å². The molecule has 3 heteroatoms. The summed E-state index contributed by atoms with van der Waals surface area (Å²) >= 11 is 0. The zero-order chi connectivity index (χ0) is 13.5. The molecule has 2 rings (SSSR count). The molecule has 0 aliphatic heterocycles. The number of fused-ring (bicyclic) bond motifs is 1. The SMILES string of the molecule is Cn1cc(CC(N)=O)c2cc(C(C)(C)C)ccc21. The van der Waals surface area contributed by atoms with Crippen LogP contribution in [0.25, 0.3) is 10.9 Å². The summed E-state index contributed by atoms with van der Waals surface area (Å²) in [6.07, 6.45) is 2.28. The molecule has 0 saturated heterocycles. The van der Waals surface area contributed by atoms with Crippen LogP contribution in [-0.2, 0) is 23.7 Å². The number of aryl methyl sites for hydroxylation is 1. The summed E-state index contributed by atoms with van der Waals surface area (Å²) in [5.74, 6) is -0.288. The summed E-state index contributed by atoms with van der Waals surface area (Å²) in [6.45, 7) is 6.56. The molecule has 0 saturated carbocycles. The standard InChI is InChI=1S/C15H20N2O/c1-15(2,3)11-5-6-13-12(8-11)10(7-14(16)18)9-17(13)4/h5-6,8-9H,7H2,1-4H3,(H2,16,18). The maximum Gasteiger partial charge on any atom is 0.221 e. The van der Waals surface area contributed by atoms with Gasteiger partial charge in [-0.2, -0.15) is 0 Å². The highest BCUT2D eigenvalue weighted by molar-refractivity contribution is 5.89. The van der Waals surface area contributed by atoms with Crippen LogP contribution in [0.4, 0.5) is 0 Å². The Balaban J connectivity index is 2.62. The van der Waals surface area contributed by atoms with E-state index in [0.29, 0.717) is 6.42 Å². The lowest BCUT2D eigenvalue weighted by atomic mass is 9.86. The summed E-state index contributed by atoms with van der Waals surface area (Å²) in [7, 11) is 1.99. The number of rotatable bonds is 2. The van der Waals surface area contributed by atoms with Crippen LogP contribution in [0.2, 0.25) is 0 Å². The van der Waals surface area contributed by atoms with Crippen molar-refractivity contribution >= 4 is 16.8 Å². The Bertz CT molecular complexity index is 603. The Hall–Kier alpha value is -1.77. The Morgan fingerprint density at radius 2 is 2.00 bits per heavy atom. The molecular weight excluding hydrogens is 224 g/mol. The molecular formula is C15H20N2O. The van der Waals surface area contributed by atoms with Crippen molar-refractivity contribution in [1.82, 2.24) is 4.57 Å². The molecule has 1 heterocycles. The van der Waals surface area contributed by atoms with Crippen molar-refractivity contribution < 1.29 is 4.79 Å². The molecule has 1 aromatic carbocycles. The molecule has 0 bridgehead atoms. The van der Waals surface area contributed by atoms with Gasteiger partial charge in [0.05, 0.1) is 6.42 Å². The molecule has 0 fully saturated rings. The number of amides is 1. The van der Waals surface area contributed by atoms with Crippen LogP contribution in [0.1, 0.15) is 31.9 Å². The summed E-state index contributed by atoms with van der Waals surface area (Å²) < 4.78 is 2.04. The van der Waals surface area contributed by atoms with E-state index in [1.807, 2.05) is 17.8 Å². The van der Waals surface area contributed by atoms with E-state index in [0.717, 1.165) is 16.5 Å². The van der Waals surface area contributed by atoms with E-state index in [2.05, 4.69) is 39.0 Å². The van der Waals surface area contributed by atoms with E-state index in [-0.39, 0.29) is 11.3 Å².